The lowest BCUT2D eigenvalue weighted by Crippen LogP contribution is -2.19. The van der Waals surface area contributed by atoms with Gasteiger partial charge in [0.2, 0.25) is 5.75 Å². The van der Waals surface area contributed by atoms with Crippen LogP contribution >= 0.6 is 22.6 Å². The predicted octanol–water partition coefficient (Wildman–Crippen LogP) is 2.50. The SMILES string of the molecule is COc1ncc([N+](=O)[O-])c(I)c1OC(F)(F)F. The Morgan fingerprint density at radius 1 is 1.53 bits per heavy atom. The molecule has 94 valence electrons. The lowest BCUT2D eigenvalue weighted by atomic mass is 10.4. The number of aromatic nitrogens is 1. The van der Waals surface area contributed by atoms with Crippen LogP contribution < -0.4 is 9.47 Å². The lowest BCUT2D eigenvalue weighted by molar-refractivity contribution is -0.386. The number of hydrogen-bond donors (Lipinski definition) is 0. The Balaban J connectivity index is 3.32. The van der Waals surface area contributed by atoms with Crippen LogP contribution in [0.1, 0.15) is 0 Å². The number of halogens is 4. The van der Waals surface area contributed by atoms with E-state index in [1.165, 1.54) is 22.6 Å². The first-order valence-electron chi connectivity index (χ1n) is 3.89. The van der Waals surface area contributed by atoms with Crippen molar-refractivity contribution in [3.8, 4) is 11.6 Å². The minimum absolute atomic E-state index is 0.336. The van der Waals surface area contributed by atoms with E-state index in [9.17, 15) is 23.3 Å². The maximum atomic E-state index is 12.1. The van der Waals surface area contributed by atoms with E-state index in [1.54, 1.807) is 0 Å². The second kappa shape index (κ2) is 4.89. The molecule has 0 amide bonds. The minimum atomic E-state index is -4.98. The molecule has 1 aromatic rings. The van der Waals surface area contributed by atoms with Crippen LogP contribution in [0, 0.1) is 13.7 Å². The summed E-state index contributed by atoms with van der Waals surface area (Å²) in [5.74, 6) is -1.30. The Bertz CT molecular complexity index is 451. The van der Waals surface area contributed by atoms with Crippen LogP contribution in [0.5, 0.6) is 11.6 Å². The highest BCUT2D eigenvalue weighted by Crippen LogP contribution is 2.38. The molecule has 0 aliphatic rings. The van der Waals surface area contributed by atoms with E-state index < -0.39 is 28.6 Å². The minimum Gasteiger partial charge on any atom is -0.478 e. The molecule has 6 nitrogen and oxygen atoms in total. The van der Waals surface area contributed by atoms with E-state index in [1.807, 2.05) is 0 Å². The molecular formula is C7H4F3IN2O4. The molecule has 0 unspecified atom stereocenters. The van der Waals surface area contributed by atoms with E-state index in [4.69, 9.17) is 0 Å². The first kappa shape index (κ1) is 13.7. The van der Waals surface area contributed by atoms with Crippen molar-refractivity contribution in [1.82, 2.24) is 4.98 Å². The van der Waals surface area contributed by atoms with Crippen LogP contribution in [0.3, 0.4) is 0 Å². The molecule has 17 heavy (non-hydrogen) atoms. The van der Waals surface area contributed by atoms with Crippen molar-refractivity contribution in [3.05, 3.63) is 19.9 Å². The van der Waals surface area contributed by atoms with Gasteiger partial charge < -0.3 is 9.47 Å². The van der Waals surface area contributed by atoms with Gasteiger partial charge in [-0.3, -0.25) is 10.1 Å². The van der Waals surface area contributed by atoms with Crippen molar-refractivity contribution in [2.45, 2.75) is 6.36 Å². The smallest absolute Gasteiger partial charge is 0.478 e. The van der Waals surface area contributed by atoms with Gasteiger partial charge in [-0.1, -0.05) is 0 Å². The molecule has 0 fully saturated rings. The molecule has 0 saturated carbocycles. The van der Waals surface area contributed by atoms with Gasteiger partial charge in [0.15, 0.2) is 0 Å². The van der Waals surface area contributed by atoms with Gasteiger partial charge in [0, 0.05) is 0 Å². The van der Waals surface area contributed by atoms with E-state index in [0.29, 0.717) is 0 Å². The Hall–Kier alpha value is -1.33. The number of hydrogen-bond acceptors (Lipinski definition) is 5. The van der Waals surface area contributed by atoms with Gasteiger partial charge in [-0.05, 0) is 22.6 Å². The molecule has 1 rings (SSSR count). The van der Waals surface area contributed by atoms with Crippen molar-refractivity contribution >= 4 is 28.3 Å². The molecule has 0 radical (unpaired) electrons. The van der Waals surface area contributed by atoms with Gasteiger partial charge in [-0.2, -0.15) is 0 Å². The third-order valence-corrected chi connectivity index (χ3v) is 2.57. The second-order valence-corrected chi connectivity index (χ2v) is 3.68. The van der Waals surface area contributed by atoms with E-state index in [0.717, 1.165) is 13.3 Å². The Morgan fingerprint density at radius 3 is 2.53 bits per heavy atom. The summed E-state index contributed by atoms with van der Waals surface area (Å²) >= 11 is 1.36. The molecule has 1 heterocycles. The van der Waals surface area contributed by atoms with Gasteiger partial charge in [-0.25, -0.2) is 4.98 Å². The highest BCUT2D eigenvalue weighted by atomic mass is 127. The summed E-state index contributed by atoms with van der Waals surface area (Å²) in [5, 5.41) is 10.5. The molecular weight excluding hydrogens is 360 g/mol. The van der Waals surface area contributed by atoms with Crippen molar-refractivity contribution in [1.29, 1.82) is 0 Å². The van der Waals surface area contributed by atoms with Crippen molar-refractivity contribution in [2.75, 3.05) is 7.11 Å². The zero-order valence-electron chi connectivity index (χ0n) is 8.12. The van der Waals surface area contributed by atoms with Crippen LogP contribution in [-0.4, -0.2) is 23.4 Å². The fraction of sp³-hybridized carbons (Fsp3) is 0.286. The summed E-state index contributed by atoms with van der Waals surface area (Å²) in [6, 6.07) is 0. The van der Waals surface area contributed by atoms with Gasteiger partial charge in [-0.15, -0.1) is 13.2 Å². The maximum Gasteiger partial charge on any atom is 0.573 e. The molecule has 10 heteroatoms. The third kappa shape index (κ3) is 3.31. The summed E-state index contributed by atoms with van der Waals surface area (Å²) in [5.41, 5.74) is -0.592. The van der Waals surface area contributed by atoms with Gasteiger partial charge in [0.1, 0.15) is 9.77 Å². The monoisotopic (exact) mass is 364 g/mol. The van der Waals surface area contributed by atoms with Crippen LogP contribution in [0.15, 0.2) is 6.20 Å². The van der Waals surface area contributed by atoms with Gasteiger partial charge >= 0.3 is 12.0 Å². The average molecular weight is 364 g/mol. The van der Waals surface area contributed by atoms with Gasteiger partial charge in [0.05, 0.1) is 12.0 Å². The van der Waals surface area contributed by atoms with Gasteiger partial charge in [0.25, 0.3) is 5.88 Å². The number of nitro groups is 1. The number of nitrogens with zero attached hydrogens (tertiary/aromatic N) is 2. The number of alkyl halides is 3. The number of pyridine rings is 1. The lowest BCUT2D eigenvalue weighted by Gasteiger charge is -2.12. The van der Waals surface area contributed by atoms with Crippen LogP contribution in [-0.2, 0) is 0 Å². The molecule has 1 aromatic heterocycles. The molecule has 0 atom stereocenters. The van der Waals surface area contributed by atoms with Crippen molar-refractivity contribution < 1.29 is 27.6 Å². The highest BCUT2D eigenvalue weighted by Gasteiger charge is 2.36. The van der Waals surface area contributed by atoms with Crippen molar-refractivity contribution in [3.63, 3.8) is 0 Å². The average Bonchev–Trinajstić information content (AvgIpc) is 2.18. The normalized spacial score (nSPS) is 11.1. The topological polar surface area (TPSA) is 74.5 Å². The fourth-order valence-electron chi connectivity index (χ4n) is 0.922. The van der Waals surface area contributed by atoms with Crippen LogP contribution in [0.2, 0.25) is 0 Å². The summed E-state index contributed by atoms with van der Waals surface area (Å²) in [6.07, 6.45) is -4.19. The van der Waals surface area contributed by atoms with E-state index in [-0.39, 0.29) is 3.57 Å². The predicted molar refractivity (Wildman–Crippen MR) is 56.8 cm³/mol. The zero-order valence-corrected chi connectivity index (χ0v) is 10.3. The van der Waals surface area contributed by atoms with Crippen molar-refractivity contribution in [2.24, 2.45) is 0 Å². The quantitative estimate of drug-likeness (QED) is 0.468. The van der Waals surface area contributed by atoms with E-state index in [2.05, 4.69) is 14.5 Å². The molecule has 0 saturated heterocycles. The van der Waals surface area contributed by atoms with E-state index >= 15 is 0 Å². The number of methoxy groups -OCH3 is 1. The Labute approximate surface area is 106 Å². The largest absolute Gasteiger partial charge is 0.573 e. The number of ether oxygens (including phenoxy) is 2. The van der Waals surface area contributed by atoms with Crippen LogP contribution in [0.4, 0.5) is 18.9 Å². The first-order valence-corrected chi connectivity index (χ1v) is 4.96. The number of rotatable bonds is 3. The summed E-state index contributed by atoms with van der Waals surface area (Å²) < 4.78 is 44.1. The summed E-state index contributed by atoms with van der Waals surface area (Å²) in [4.78, 5) is 13.0. The molecule has 0 aromatic carbocycles. The molecule has 0 spiro atoms. The third-order valence-electron chi connectivity index (χ3n) is 1.53. The van der Waals surface area contributed by atoms with Crippen LogP contribution in [0.25, 0.3) is 0 Å². The standard InChI is InChI=1S/C7H4F3IN2O4/c1-16-6-5(17-7(8,9)10)4(11)3(2-12-6)13(14)15/h2H,1H3. The highest BCUT2D eigenvalue weighted by molar-refractivity contribution is 14.1. The Morgan fingerprint density at radius 2 is 2.12 bits per heavy atom. The molecule has 0 bridgehead atoms. The summed E-state index contributed by atoms with van der Waals surface area (Å²) in [6.45, 7) is 0. The molecule has 0 N–H and O–H groups in total. The summed E-state index contributed by atoms with van der Waals surface area (Å²) in [7, 11) is 1.08. The Kier molecular flexibility index (Phi) is 3.95. The second-order valence-electron chi connectivity index (χ2n) is 2.60. The zero-order chi connectivity index (χ0) is 13.2. The molecule has 0 aliphatic heterocycles. The maximum absolute atomic E-state index is 12.1. The fourth-order valence-corrected chi connectivity index (χ4v) is 1.60. The molecule has 0 aliphatic carbocycles. The first-order chi connectivity index (χ1) is 7.76.